The highest BCUT2D eigenvalue weighted by atomic mass is 35.5. The summed E-state index contributed by atoms with van der Waals surface area (Å²) in [7, 11) is -5.64. The summed E-state index contributed by atoms with van der Waals surface area (Å²) in [5, 5.41) is 19.9. The molecule has 0 atom stereocenters. The van der Waals surface area contributed by atoms with E-state index in [0.29, 0.717) is 11.5 Å². The summed E-state index contributed by atoms with van der Waals surface area (Å²) in [6.07, 6.45) is 5.42. The number of anilines is 1. The van der Waals surface area contributed by atoms with Crippen molar-refractivity contribution in [2.45, 2.75) is 56.0 Å². The second-order valence-corrected chi connectivity index (χ2v) is 14.2. The van der Waals surface area contributed by atoms with E-state index in [9.17, 15) is 50.2 Å². The van der Waals surface area contributed by atoms with E-state index in [1.54, 1.807) is 12.1 Å². The van der Waals surface area contributed by atoms with Crippen molar-refractivity contribution < 1.29 is 50.2 Å². The van der Waals surface area contributed by atoms with Crippen LogP contribution in [0.3, 0.4) is 0 Å². The van der Waals surface area contributed by atoms with Crippen LogP contribution in [0.4, 0.5) is 27.6 Å². The molecule has 264 valence electrons. The number of carbonyl (C=O) groups is 2. The molecule has 1 fully saturated rings. The van der Waals surface area contributed by atoms with E-state index in [-0.39, 0.29) is 27.1 Å². The van der Waals surface area contributed by atoms with Crippen LogP contribution in [-0.2, 0) is 27.9 Å². The molecule has 0 radical (unpaired) electrons. The van der Waals surface area contributed by atoms with Crippen LogP contribution in [0.1, 0.15) is 65.1 Å². The Bertz CT molecular complexity index is 2010. The lowest BCUT2D eigenvalue weighted by Crippen LogP contribution is -2.43. The number of nitrogens with zero attached hydrogens (tertiary/aromatic N) is 2. The van der Waals surface area contributed by atoms with Crippen molar-refractivity contribution in [3.8, 4) is 5.75 Å². The summed E-state index contributed by atoms with van der Waals surface area (Å²) in [6.45, 7) is -2.24. The fourth-order valence-corrected chi connectivity index (χ4v) is 7.65. The van der Waals surface area contributed by atoms with Gasteiger partial charge in [0.15, 0.2) is 28.2 Å². The number of rotatable bonds is 11. The third-order valence-corrected chi connectivity index (χ3v) is 10.6. The quantitative estimate of drug-likeness (QED) is 0.0919. The number of phenols is 1. The van der Waals surface area contributed by atoms with E-state index in [1.165, 1.54) is 30.3 Å². The number of benzene rings is 4. The molecule has 1 aliphatic rings. The van der Waals surface area contributed by atoms with Crippen LogP contribution in [0, 0.1) is 29.1 Å². The van der Waals surface area contributed by atoms with Gasteiger partial charge in [-0.2, -0.15) is 4.31 Å². The number of hydrogen-bond donors (Lipinski definition) is 2. The Morgan fingerprint density at radius 3 is 1.98 bits per heavy atom. The van der Waals surface area contributed by atoms with Gasteiger partial charge in [-0.15, -0.1) is 0 Å². The maximum absolute atomic E-state index is 14.9. The number of carbonyl (C=O) groups excluding carboxylic acids is 1. The topological polar surface area (TPSA) is 115 Å². The normalized spacial score (nSPS) is 13.8. The van der Waals surface area contributed by atoms with Crippen LogP contribution in [0.5, 0.6) is 5.75 Å². The molecular weight excluding hydrogens is 707 g/mol. The lowest BCUT2D eigenvalue weighted by atomic mass is 9.84. The molecule has 0 bridgehead atoms. The largest absolute Gasteiger partial charge is 0.507 e. The maximum atomic E-state index is 14.9. The lowest BCUT2D eigenvalue weighted by molar-refractivity contribution is -0.119. The molecule has 1 aliphatic carbocycles. The van der Waals surface area contributed by atoms with Gasteiger partial charge in [0.2, 0.25) is 21.7 Å². The van der Waals surface area contributed by atoms with E-state index < -0.39 is 80.3 Å². The Labute approximate surface area is 289 Å². The highest BCUT2D eigenvalue weighted by Crippen LogP contribution is 2.34. The van der Waals surface area contributed by atoms with E-state index in [0.717, 1.165) is 54.7 Å². The number of hydrogen-bond acceptors (Lipinski definition) is 5. The predicted octanol–water partition coefficient (Wildman–Crippen LogP) is 7.91. The van der Waals surface area contributed by atoms with Crippen LogP contribution in [0.15, 0.2) is 71.6 Å². The van der Waals surface area contributed by atoms with Crippen LogP contribution in [-0.4, -0.2) is 41.4 Å². The molecule has 0 aromatic heterocycles. The SMILES string of the molecule is O=C(O)c1ccc(N(Cc2ccc(C3CCCCC3)cc2)C(=O)CN(Cc2cccc(Cl)c2)S(=O)(=O)c2c(F)c(F)c(F)c(F)c2F)cc1O. The number of aromatic hydroxyl groups is 1. The van der Waals surface area contributed by atoms with Gasteiger partial charge < -0.3 is 15.1 Å². The molecular formula is C35H30ClF5N2O6S. The molecule has 15 heteroatoms. The summed E-state index contributed by atoms with van der Waals surface area (Å²) in [5.74, 6) is -15.7. The van der Waals surface area contributed by atoms with Gasteiger partial charge in [0.05, 0.1) is 13.1 Å². The molecule has 1 amide bonds. The van der Waals surface area contributed by atoms with Crippen molar-refractivity contribution in [3.63, 3.8) is 0 Å². The smallest absolute Gasteiger partial charge is 0.339 e. The molecule has 0 saturated heterocycles. The molecule has 0 heterocycles. The molecule has 2 N–H and O–H groups in total. The lowest BCUT2D eigenvalue weighted by Gasteiger charge is -2.28. The summed E-state index contributed by atoms with van der Waals surface area (Å²) < 4.78 is 99.9. The highest BCUT2D eigenvalue weighted by molar-refractivity contribution is 7.89. The van der Waals surface area contributed by atoms with Crippen LogP contribution in [0.25, 0.3) is 0 Å². The van der Waals surface area contributed by atoms with Crippen LogP contribution >= 0.6 is 11.6 Å². The fraction of sp³-hybridized carbons (Fsp3) is 0.257. The first kappa shape index (κ1) is 36.7. The standard InChI is InChI=1S/C35H30ClF5N2O6S/c36-24-8-4-5-21(15-24)17-42(50(48,49)34-32(40)30(38)29(37)31(39)33(34)41)19-28(45)43(25-13-14-26(35(46)47)27(44)16-25)18-20-9-11-23(12-10-20)22-6-2-1-3-7-22/h4-5,8-16,22,44H,1-3,6-7,17-19H2,(H,46,47). The highest BCUT2D eigenvalue weighted by Gasteiger charge is 2.39. The average Bonchev–Trinajstić information content (AvgIpc) is 3.09. The van der Waals surface area contributed by atoms with Gasteiger partial charge in [0.25, 0.3) is 0 Å². The number of carboxylic acid groups (broad SMARTS) is 1. The first-order valence-electron chi connectivity index (χ1n) is 15.4. The van der Waals surface area contributed by atoms with E-state index in [1.807, 2.05) is 12.1 Å². The van der Waals surface area contributed by atoms with Gasteiger partial charge in [-0.05, 0) is 59.7 Å². The molecule has 1 saturated carbocycles. The number of halogens is 6. The number of sulfonamides is 1. The molecule has 0 aliphatic heterocycles. The summed E-state index contributed by atoms with van der Waals surface area (Å²) in [6, 6.07) is 16.0. The molecule has 0 unspecified atom stereocenters. The van der Waals surface area contributed by atoms with Gasteiger partial charge in [0.1, 0.15) is 11.3 Å². The zero-order valence-corrected chi connectivity index (χ0v) is 27.8. The predicted molar refractivity (Wildman–Crippen MR) is 174 cm³/mol. The minimum Gasteiger partial charge on any atom is -0.507 e. The monoisotopic (exact) mass is 736 g/mol. The van der Waals surface area contributed by atoms with E-state index in [2.05, 4.69) is 0 Å². The van der Waals surface area contributed by atoms with Crippen molar-refractivity contribution in [3.05, 3.63) is 123 Å². The third-order valence-electron chi connectivity index (χ3n) is 8.55. The number of carboxylic acids is 1. The van der Waals surface area contributed by atoms with E-state index in [4.69, 9.17) is 11.6 Å². The molecule has 8 nitrogen and oxygen atoms in total. The molecule has 4 aromatic rings. The Morgan fingerprint density at radius 2 is 1.40 bits per heavy atom. The molecule has 0 spiro atoms. The van der Waals surface area contributed by atoms with Crippen LogP contribution < -0.4 is 4.90 Å². The van der Waals surface area contributed by atoms with Crippen molar-refractivity contribution in [1.82, 2.24) is 4.31 Å². The summed E-state index contributed by atoms with van der Waals surface area (Å²) in [5.41, 5.74) is 1.17. The zero-order chi connectivity index (χ0) is 36.3. The first-order chi connectivity index (χ1) is 23.7. The Kier molecular flexibility index (Phi) is 11.1. The molecule has 50 heavy (non-hydrogen) atoms. The van der Waals surface area contributed by atoms with E-state index >= 15 is 0 Å². The fourth-order valence-electron chi connectivity index (χ4n) is 5.95. The Balaban J connectivity index is 1.56. The molecule has 4 aromatic carbocycles. The van der Waals surface area contributed by atoms with Gasteiger partial charge in [-0.1, -0.05) is 67.3 Å². The first-order valence-corrected chi connectivity index (χ1v) is 17.2. The van der Waals surface area contributed by atoms with Crippen molar-refractivity contribution in [2.24, 2.45) is 0 Å². The summed E-state index contributed by atoms with van der Waals surface area (Å²) >= 11 is 6.04. The minimum atomic E-state index is -5.64. The molecule has 5 rings (SSSR count). The van der Waals surface area contributed by atoms with Gasteiger partial charge in [-0.3, -0.25) is 4.79 Å². The van der Waals surface area contributed by atoms with Gasteiger partial charge in [0, 0.05) is 23.3 Å². The van der Waals surface area contributed by atoms with Gasteiger partial charge in [-0.25, -0.2) is 35.2 Å². The number of amides is 1. The van der Waals surface area contributed by atoms with Crippen LogP contribution in [0.2, 0.25) is 5.02 Å². The van der Waals surface area contributed by atoms with Crippen molar-refractivity contribution in [2.75, 3.05) is 11.4 Å². The maximum Gasteiger partial charge on any atom is 0.339 e. The average molecular weight is 737 g/mol. The zero-order valence-electron chi connectivity index (χ0n) is 26.2. The second-order valence-electron chi connectivity index (χ2n) is 11.9. The van der Waals surface area contributed by atoms with Gasteiger partial charge >= 0.3 is 5.97 Å². The van der Waals surface area contributed by atoms with Crippen molar-refractivity contribution in [1.29, 1.82) is 0 Å². The van der Waals surface area contributed by atoms with Crippen molar-refractivity contribution >= 4 is 39.2 Å². The summed E-state index contributed by atoms with van der Waals surface area (Å²) in [4.78, 5) is 24.5. The Hall–Kier alpha value is -4.53. The number of aromatic carboxylic acids is 1. The third kappa shape index (κ3) is 7.77. The second kappa shape index (κ2) is 15.2. The minimum absolute atomic E-state index is 0.0785. The Morgan fingerprint density at radius 1 is 0.780 bits per heavy atom.